The van der Waals surface area contributed by atoms with Crippen LogP contribution in [0.2, 0.25) is 0 Å². The van der Waals surface area contributed by atoms with Crippen LogP contribution in [0.5, 0.6) is 0 Å². The van der Waals surface area contributed by atoms with Gasteiger partial charge in [0.15, 0.2) is 0 Å². The van der Waals surface area contributed by atoms with Gasteiger partial charge >= 0.3 is 11.9 Å². The molecular formula is C29H56O5. The van der Waals surface area contributed by atoms with Gasteiger partial charge in [0.1, 0.15) is 0 Å². The number of rotatable bonds is 26. The second kappa shape index (κ2) is 26.5. The Morgan fingerprint density at radius 3 is 1.53 bits per heavy atom. The van der Waals surface area contributed by atoms with Crippen LogP contribution >= 0.6 is 0 Å². The number of esters is 2. The Labute approximate surface area is 211 Å². The van der Waals surface area contributed by atoms with Gasteiger partial charge in [0.2, 0.25) is 0 Å². The third kappa shape index (κ3) is 25.5. The van der Waals surface area contributed by atoms with Gasteiger partial charge in [0.25, 0.3) is 0 Å². The highest BCUT2D eigenvalue weighted by molar-refractivity contribution is 5.69. The van der Waals surface area contributed by atoms with Gasteiger partial charge in [0, 0.05) is 26.6 Å². The van der Waals surface area contributed by atoms with Gasteiger partial charge in [-0.05, 0) is 31.6 Å². The summed E-state index contributed by atoms with van der Waals surface area (Å²) in [6, 6.07) is 0. The Morgan fingerprint density at radius 2 is 1.03 bits per heavy atom. The van der Waals surface area contributed by atoms with Crippen molar-refractivity contribution in [2.45, 2.75) is 142 Å². The van der Waals surface area contributed by atoms with E-state index in [1.54, 1.807) is 7.11 Å². The van der Waals surface area contributed by atoms with Crippen LogP contribution in [0.25, 0.3) is 0 Å². The van der Waals surface area contributed by atoms with Crippen molar-refractivity contribution in [3.8, 4) is 0 Å². The Bertz CT molecular complexity index is 452. The van der Waals surface area contributed by atoms with Crippen LogP contribution in [0.1, 0.15) is 142 Å². The van der Waals surface area contributed by atoms with E-state index < -0.39 is 0 Å². The fourth-order valence-electron chi connectivity index (χ4n) is 3.98. The molecule has 1 unspecified atom stereocenters. The van der Waals surface area contributed by atoms with Crippen LogP contribution in [0.3, 0.4) is 0 Å². The van der Waals surface area contributed by atoms with Crippen molar-refractivity contribution in [1.82, 2.24) is 0 Å². The molecule has 0 aromatic heterocycles. The normalized spacial score (nSPS) is 12.0. The summed E-state index contributed by atoms with van der Waals surface area (Å²) in [7, 11) is 1.69. The average molecular weight is 485 g/mol. The first kappa shape index (κ1) is 32.9. The molecule has 0 spiro atoms. The van der Waals surface area contributed by atoms with E-state index in [1.165, 1.54) is 64.2 Å². The zero-order valence-electron chi connectivity index (χ0n) is 22.9. The number of hydrogen-bond donors (Lipinski definition) is 0. The van der Waals surface area contributed by atoms with Crippen LogP contribution in [0.4, 0.5) is 0 Å². The van der Waals surface area contributed by atoms with Gasteiger partial charge in [-0.25, -0.2) is 0 Å². The number of methoxy groups -OCH3 is 1. The lowest BCUT2D eigenvalue weighted by Crippen LogP contribution is -2.13. The van der Waals surface area contributed by atoms with E-state index in [1.807, 2.05) is 0 Å². The number of carbonyl (C=O) groups excluding carboxylic acids is 2. The maximum absolute atomic E-state index is 11.8. The van der Waals surface area contributed by atoms with Crippen molar-refractivity contribution in [3.63, 3.8) is 0 Å². The highest BCUT2D eigenvalue weighted by Crippen LogP contribution is 2.12. The molecule has 0 rings (SSSR count). The van der Waals surface area contributed by atoms with E-state index >= 15 is 0 Å². The summed E-state index contributed by atoms with van der Waals surface area (Å²) < 4.78 is 15.7. The smallest absolute Gasteiger partial charge is 0.305 e. The van der Waals surface area contributed by atoms with Crippen LogP contribution in [0.15, 0.2) is 0 Å². The summed E-state index contributed by atoms with van der Waals surface area (Å²) in [5.74, 6) is 0.203. The Kier molecular flexibility index (Phi) is 25.6. The quantitative estimate of drug-likeness (QED) is 0.0915. The molecule has 1 atom stereocenters. The lowest BCUT2D eigenvalue weighted by atomic mass is 10.1. The molecule has 34 heavy (non-hydrogen) atoms. The summed E-state index contributed by atoms with van der Waals surface area (Å²) >= 11 is 0. The van der Waals surface area contributed by atoms with Gasteiger partial charge in [-0.15, -0.1) is 0 Å². The second-order valence-electron chi connectivity index (χ2n) is 9.95. The molecule has 0 saturated heterocycles. The fourth-order valence-corrected chi connectivity index (χ4v) is 3.98. The van der Waals surface area contributed by atoms with Crippen molar-refractivity contribution < 1.29 is 23.8 Å². The predicted octanol–water partition coefficient (Wildman–Crippen LogP) is 8.18. The van der Waals surface area contributed by atoms with Crippen LogP contribution < -0.4 is 0 Å². The van der Waals surface area contributed by atoms with E-state index in [2.05, 4.69) is 13.8 Å². The highest BCUT2D eigenvalue weighted by atomic mass is 16.5. The Balaban J connectivity index is 3.30. The summed E-state index contributed by atoms with van der Waals surface area (Å²) in [4.78, 5) is 23.6. The number of ether oxygens (including phenoxy) is 3. The van der Waals surface area contributed by atoms with E-state index in [-0.39, 0.29) is 11.9 Å². The second-order valence-corrected chi connectivity index (χ2v) is 9.95. The molecule has 5 nitrogen and oxygen atoms in total. The molecule has 0 fully saturated rings. The maximum atomic E-state index is 11.8. The molecule has 0 amide bonds. The lowest BCUT2D eigenvalue weighted by Gasteiger charge is -2.11. The first-order valence-corrected chi connectivity index (χ1v) is 14.4. The molecule has 0 aromatic rings. The third-order valence-corrected chi connectivity index (χ3v) is 6.37. The largest absolute Gasteiger partial charge is 0.466 e. The third-order valence-electron chi connectivity index (χ3n) is 6.37. The van der Waals surface area contributed by atoms with Crippen molar-refractivity contribution >= 4 is 11.9 Å². The van der Waals surface area contributed by atoms with Gasteiger partial charge in [-0.3, -0.25) is 9.59 Å². The molecular weight excluding hydrogens is 428 g/mol. The van der Waals surface area contributed by atoms with Crippen molar-refractivity contribution in [2.24, 2.45) is 5.92 Å². The summed E-state index contributed by atoms with van der Waals surface area (Å²) in [5, 5.41) is 0. The predicted molar refractivity (Wildman–Crippen MR) is 141 cm³/mol. The molecule has 5 heteroatoms. The molecule has 0 aromatic carbocycles. The minimum Gasteiger partial charge on any atom is -0.466 e. The van der Waals surface area contributed by atoms with Crippen LogP contribution in [-0.2, 0) is 23.8 Å². The van der Waals surface area contributed by atoms with Gasteiger partial charge in [0.05, 0.1) is 13.2 Å². The molecule has 0 bridgehead atoms. The molecule has 0 saturated carbocycles. The maximum Gasteiger partial charge on any atom is 0.305 e. The molecule has 0 radical (unpaired) electrons. The van der Waals surface area contributed by atoms with E-state index in [0.29, 0.717) is 38.6 Å². The number of carbonyl (C=O) groups is 2. The van der Waals surface area contributed by atoms with Gasteiger partial charge < -0.3 is 14.2 Å². The monoisotopic (exact) mass is 484 g/mol. The molecule has 0 aliphatic heterocycles. The topological polar surface area (TPSA) is 61.8 Å². The van der Waals surface area contributed by atoms with E-state index in [9.17, 15) is 9.59 Å². The first-order valence-electron chi connectivity index (χ1n) is 14.4. The number of hydrogen-bond acceptors (Lipinski definition) is 5. The summed E-state index contributed by atoms with van der Waals surface area (Å²) in [6.45, 7) is 6.10. The van der Waals surface area contributed by atoms with Crippen LogP contribution in [0, 0.1) is 5.92 Å². The molecule has 0 aliphatic rings. The zero-order chi connectivity index (χ0) is 25.1. The standard InChI is InChI=1S/C29H56O5/c1-4-5-6-7-8-9-10-11-14-17-20-24-33-28(30)21-18-15-12-13-16-19-22-29(31)34-26-27(2)23-25-32-3/h27H,4-26H2,1-3H3. The van der Waals surface area contributed by atoms with Gasteiger partial charge in [-0.1, -0.05) is 104 Å². The summed E-state index contributed by atoms with van der Waals surface area (Å²) in [5.41, 5.74) is 0. The lowest BCUT2D eigenvalue weighted by molar-refractivity contribution is -0.145. The SMILES string of the molecule is CCCCCCCCCCCCCOC(=O)CCCCCCCCC(=O)OCC(C)CCOC. The van der Waals surface area contributed by atoms with E-state index in [0.717, 1.165) is 51.4 Å². The highest BCUT2D eigenvalue weighted by Gasteiger charge is 2.07. The average Bonchev–Trinajstić information content (AvgIpc) is 2.83. The molecule has 0 heterocycles. The Morgan fingerprint density at radius 1 is 0.588 bits per heavy atom. The van der Waals surface area contributed by atoms with Crippen LogP contribution in [-0.4, -0.2) is 38.9 Å². The van der Waals surface area contributed by atoms with Gasteiger partial charge in [-0.2, -0.15) is 0 Å². The van der Waals surface area contributed by atoms with Crippen molar-refractivity contribution in [1.29, 1.82) is 0 Å². The minimum atomic E-state index is -0.0928. The molecule has 0 aliphatic carbocycles. The first-order chi connectivity index (χ1) is 16.6. The van der Waals surface area contributed by atoms with E-state index in [4.69, 9.17) is 14.2 Å². The van der Waals surface area contributed by atoms with Crippen molar-refractivity contribution in [2.75, 3.05) is 26.9 Å². The minimum absolute atomic E-state index is 0.0467. The zero-order valence-corrected chi connectivity index (χ0v) is 22.9. The Hall–Kier alpha value is -1.10. The van der Waals surface area contributed by atoms with Crippen molar-refractivity contribution in [3.05, 3.63) is 0 Å². The molecule has 202 valence electrons. The fraction of sp³-hybridized carbons (Fsp3) is 0.931. The summed E-state index contributed by atoms with van der Waals surface area (Å²) in [6.07, 6.45) is 22.4. The number of unbranched alkanes of at least 4 members (excludes halogenated alkanes) is 15. The molecule has 0 N–H and O–H groups in total.